The molecule has 0 atom stereocenters. The fraction of sp³-hybridized carbons (Fsp3) is 0.200. The lowest BCUT2D eigenvalue weighted by molar-refractivity contribution is -0.384. The molecule has 0 saturated carbocycles. The zero-order valence-electron chi connectivity index (χ0n) is 18.8. The van der Waals surface area contributed by atoms with Gasteiger partial charge in [0, 0.05) is 29.3 Å². The van der Waals surface area contributed by atoms with Gasteiger partial charge in [0.1, 0.15) is 30.4 Å². The minimum Gasteiger partial charge on any atom is -0.508 e. The molecule has 3 aromatic carbocycles. The number of hydrogen-bond acceptors (Lipinski definition) is 8. The molecule has 35 heavy (non-hydrogen) atoms. The molecule has 0 radical (unpaired) electrons. The highest BCUT2D eigenvalue weighted by Gasteiger charge is 2.23. The number of rotatable bonds is 6. The largest absolute Gasteiger partial charge is 0.508 e. The predicted octanol–water partition coefficient (Wildman–Crippen LogP) is 4.31. The molecule has 2 heterocycles. The fourth-order valence-electron chi connectivity index (χ4n) is 4.12. The third kappa shape index (κ3) is 4.21. The summed E-state index contributed by atoms with van der Waals surface area (Å²) in [6, 6.07) is 14.8. The molecule has 0 unspecified atom stereocenters. The second-order valence-corrected chi connectivity index (χ2v) is 8.08. The van der Waals surface area contributed by atoms with Crippen LogP contribution in [0.25, 0.3) is 22.5 Å². The number of fused-ring (bicyclic) bond motifs is 1. The number of aryl methyl sites for hydroxylation is 1. The van der Waals surface area contributed by atoms with Crippen molar-refractivity contribution in [1.29, 1.82) is 0 Å². The summed E-state index contributed by atoms with van der Waals surface area (Å²) in [4.78, 5) is 10.8. The van der Waals surface area contributed by atoms with Gasteiger partial charge in [0.2, 0.25) is 0 Å². The van der Waals surface area contributed by atoms with Crippen LogP contribution < -0.4 is 9.47 Å². The number of aromatic nitrogens is 3. The van der Waals surface area contributed by atoms with Crippen LogP contribution in [0.5, 0.6) is 23.0 Å². The van der Waals surface area contributed by atoms with E-state index in [4.69, 9.17) is 9.47 Å². The Labute approximate surface area is 200 Å². The van der Waals surface area contributed by atoms with Crippen molar-refractivity contribution in [2.24, 2.45) is 0 Å². The van der Waals surface area contributed by atoms with Crippen LogP contribution in [-0.4, -0.2) is 43.3 Å². The van der Waals surface area contributed by atoms with Gasteiger partial charge in [-0.1, -0.05) is 24.3 Å². The van der Waals surface area contributed by atoms with Crippen LogP contribution in [-0.2, 0) is 13.0 Å². The molecule has 5 rings (SSSR count). The van der Waals surface area contributed by atoms with E-state index in [1.165, 1.54) is 18.2 Å². The van der Waals surface area contributed by atoms with E-state index in [0.29, 0.717) is 64.8 Å². The minimum absolute atomic E-state index is 0.00128. The van der Waals surface area contributed by atoms with Crippen LogP contribution in [0, 0.1) is 10.1 Å². The van der Waals surface area contributed by atoms with E-state index in [1.807, 2.05) is 19.1 Å². The summed E-state index contributed by atoms with van der Waals surface area (Å²) in [5.74, 6) is 1.06. The van der Waals surface area contributed by atoms with E-state index in [0.717, 1.165) is 0 Å². The summed E-state index contributed by atoms with van der Waals surface area (Å²) in [5.41, 5.74) is 3.40. The fourth-order valence-corrected chi connectivity index (χ4v) is 4.12. The zero-order valence-corrected chi connectivity index (χ0v) is 18.8. The molecule has 1 aliphatic rings. The average molecular weight is 474 g/mol. The summed E-state index contributed by atoms with van der Waals surface area (Å²) in [6.07, 6.45) is 0.556. The smallest absolute Gasteiger partial charge is 0.269 e. The van der Waals surface area contributed by atoms with E-state index in [1.54, 1.807) is 28.9 Å². The maximum absolute atomic E-state index is 11.2. The van der Waals surface area contributed by atoms with Crippen LogP contribution in [0.1, 0.15) is 18.1 Å². The van der Waals surface area contributed by atoms with Gasteiger partial charge in [0.05, 0.1) is 17.2 Å². The number of ether oxygens (including phenoxy) is 2. The Morgan fingerprint density at radius 2 is 1.83 bits per heavy atom. The highest BCUT2D eigenvalue weighted by atomic mass is 16.6. The third-order valence-corrected chi connectivity index (χ3v) is 5.84. The number of nitro groups is 1. The molecule has 2 N–H and O–H groups in total. The van der Waals surface area contributed by atoms with Crippen molar-refractivity contribution < 1.29 is 24.6 Å². The molecule has 0 bridgehead atoms. The maximum Gasteiger partial charge on any atom is 0.269 e. The van der Waals surface area contributed by atoms with Crippen molar-refractivity contribution in [2.75, 3.05) is 13.2 Å². The summed E-state index contributed by atoms with van der Waals surface area (Å²) in [7, 11) is 0. The Morgan fingerprint density at radius 3 is 2.60 bits per heavy atom. The number of non-ortho nitro benzene ring substituents is 1. The molecule has 0 spiro atoms. The van der Waals surface area contributed by atoms with Crippen LogP contribution in [0.2, 0.25) is 0 Å². The summed E-state index contributed by atoms with van der Waals surface area (Å²) in [6.45, 7) is 2.99. The van der Waals surface area contributed by atoms with Crippen molar-refractivity contribution in [3.63, 3.8) is 0 Å². The van der Waals surface area contributed by atoms with Gasteiger partial charge in [0.25, 0.3) is 5.69 Å². The summed E-state index contributed by atoms with van der Waals surface area (Å²) in [5, 5.41) is 40.8. The van der Waals surface area contributed by atoms with Crippen molar-refractivity contribution in [2.45, 2.75) is 19.9 Å². The number of phenolic OH excluding ortho intramolecular Hbond substituents is 2. The van der Waals surface area contributed by atoms with Crippen molar-refractivity contribution >= 4 is 5.69 Å². The first kappa shape index (κ1) is 22.2. The molecule has 0 saturated heterocycles. The molecule has 0 fully saturated rings. The SMILES string of the molecule is CCc1cc(-c2nnn(Cc3cccc([N+](=O)[O-])c3)c2-c2ccc3c(c2)OCCO3)c(O)cc1O. The average Bonchev–Trinajstić information content (AvgIpc) is 3.27. The molecule has 4 aromatic rings. The second-order valence-electron chi connectivity index (χ2n) is 8.08. The number of phenols is 2. The molecular formula is C25H22N4O6. The standard InChI is InChI=1S/C25H22N4O6/c1-2-16-11-19(21(31)13-20(16)30)24-25(17-6-7-22-23(12-17)35-9-8-34-22)28(27-26-24)14-15-4-3-5-18(10-15)29(32)33/h3-7,10-13,30-31H,2,8-9,14H2,1H3. The Morgan fingerprint density at radius 1 is 1.03 bits per heavy atom. The lowest BCUT2D eigenvalue weighted by atomic mass is 9.99. The lowest BCUT2D eigenvalue weighted by Gasteiger charge is -2.19. The number of aromatic hydroxyl groups is 2. The minimum atomic E-state index is -0.446. The molecule has 1 aromatic heterocycles. The van der Waals surface area contributed by atoms with Crippen molar-refractivity contribution in [3.05, 3.63) is 75.8 Å². The van der Waals surface area contributed by atoms with Crippen LogP contribution in [0.15, 0.2) is 54.6 Å². The lowest BCUT2D eigenvalue weighted by Crippen LogP contribution is -2.15. The Balaban J connectivity index is 1.67. The van der Waals surface area contributed by atoms with Gasteiger partial charge in [-0.25, -0.2) is 4.68 Å². The number of hydrogen-bond donors (Lipinski definition) is 2. The zero-order chi connectivity index (χ0) is 24.5. The highest BCUT2D eigenvalue weighted by molar-refractivity contribution is 5.83. The highest BCUT2D eigenvalue weighted by Crippen LogP contribution is 2.41. The van der Waals surface area contributed by atoms with Gasteiger partial charge in [0.15, 0.2) is 11.5 Å². The van der Waals surface area contributed by atoms with Crippen LogP contribution >= 0.6 is 0 Å². The number of nitro benzene ring substituents is 1. The van der Waals surface area contributed by atoms with Crippen molar-refractivity contribution in [3.8, 4) is 45.5 Å². The van der Waals surface area contributed by atoms with E-state index in [-0.39, 0.29) is 23.7 Å². The first-order valence-corrected chi connectivity index (χ1v) is 11.1. The molecule has 10 nitrogen and oxygen atoms in total. The molecule has 178 valence electrons. The molecule has 10 heteroatoms. The molecular weight excluding hydrogens is 452 g/mol. The second kappa shape index (κ2) is 8.98. The summed E-state index contributed by atoms with van der Waals surface area (Å²) >= 11 is 0. The first-order chi connectivity index (χ1) is 16.9. The van der Waals surface area contributed by atoms with E-state index in [9.17, 15) is 20.3 Å². The van der Waals surface area contributed by atoms with Crippen molar-refractivity contribution in [1.82, 2.24) is 15.0 Å². The van der Waals surface area contributed by atoms with Crippen LogP contribution in [0.4, 0.5) is 5.69 Å². The van der Waals surface area contributed by atoms with Gasteiger partial charge < -0.3 is 19.7 Å². The van der Waals surface area contributed by atoms with E-state index >= 15 is 0 Å². The number of benzene rings is 3. The Bertz CT molecular complexity index is 1430. The monoisotopic (exact) mass is 474 g/mol. The maximum atomic E-state index is 11.2. The van der Waals surface area contributed by atoms with Gasteiger partial charge in [-0.3, -0.25) is 10.1 Å². The topological polar surface area (TPSA) is 133 Å². The Kier molecular flexibility index (Phi) is 5.69. The molecule has 0 aliphatic carbocycles. The van der Waals surface area contributed by atoms with Gasteiger partial charge in [-0.15, -0.1) is 5.10 Å². The quantitative estimate of drug-likeness (QED) is 0.312. The van der Waals surface area contributed by atoms with Gasteiger partial charge in [-0.05, 0) is 41.8 Å². The van der Waals surface area contributed by atoms with E-state index < -0.39 is 4.92 Å². The van der Waals surface area contributed by atoms with Crippen LogP contribution in [0.3, 0.4) is 0 Å². The number of nitrogens with zero attached hydrogens (tertiary/aromatic N) is 4. The molecule has 0 amide bonds. The van der Waals surface area contributed by atoms with Gasteiger partial charge in [-0.2, -0.15) is 0 Å². The first-order valence-electron chi connectivity index (χ1n) is 11.1. The Hall–Kier alpha value is -4.60. The predicted molar refractivity (Wildman–Crippen MR) is 127 cm³/mol. The molecule has 1 aliphatic heterocycles. The third-order valence-electron chi connectivity index (χ3n) is 5.84. The van der Waals surface area contributed by atoms with Gasteiger partial charge >= 0.3 is 0 Å². The summed E-state index contributed by atoms with van der Waals surface area (Å²) < 4.78 is 13.0. The normalized spacial score (nSPS) is 12.5. The van der Waals surface area contributed by atoms with E-state index in [2.05, 4.69) is 10.3 Å².